The van der Waals surface area contributed by atoms with Crippen molar-refractivity contribution >= 4 is 17.2 Å². The van der Waals surface area contributed by atoms with Crippen molar-refractivity contribution in [1.82, 2.24) is 4.90 Å². The first-order valence-corrected chi connectivity index (χ1v) is 8.87. The van der Waals surface area contributed by atoms with Gasteiger partial charge in [-0.05, 0) is 24.3 Å². The molecular formula is C17H27NO3S. The van der Waals surface area contributed by atoms with E-state index < -0.39 is 10.8 Å². The Hall–Kier alpha value is -0.910. The van der Waals surface area contributed by atoms with Gasteiger partial charge in [0.25, 0.3) is 0 Å². The third-order valence-electron chi connectivity index (χ3n) is 4.84. The van der Waals surface area contributed by atoms with E-state index in [-0.39, 0.29) is 19.1 Å². The highest BCUT2D eigenvalue weighted by molar-refractivity contribution is 7.10. The van der Waals surface area contributed by atoms with E-state index in [1.165, 1.54) is 6.42 Å². The van der Waals surface area contributed by atoms with E-state index in [0.29, 0.717) is 6.54 Å². The highest BCUT2D eigenvalue weighted by atomic mass is 32.1. The summed E-state index contributed by atoms with van der Waals surface area (Å²) in [5, 5.41) is 21.0. The minimum absolute atomic E-state index is 0.128. The van der Waals surface area contributed by atoms with E-state index in [4.69, 9.17) is 0 Å². The van der Waals surface area contributed by atoms with Gasteiger partial charge in [-0.25, -0.2) is 0 Å². The smallest absolute Gasteiger partial charge is 0.233 e. The van der Waals surface area contributed by atoms with Gasteiger partial charge >= 0.3 is 0 Å². The third-order valence-corrected chi connectivity index (χ3v) is 5.91. The lowest BCUT2D eigenvalue weighted by atomic mass is 9.71. The molecule has 0 aromatic carbocycles. The topological polar surface area (TPSA) is 60.8 Å². The molecule has 124 valence electrons. The average Bonchev–Trinajstić information content (AvgIpc) is 3.09. The maximum absolute atomic E-state index is 13.2. The maximum Gasteiger partial charge on any atom is 0.233 e. The summed E-state index contributed by atoms with van der Waals surface area (Å²) in [6, 6.07) is 4.08. The van der Waals surface area contributed by atoms with Crippen LogP contribution in [0.25, 0.3) is 0 Å². The van der Waals surface area contributed by atoms with Crippen LogP contribution in [0, 0.1) is 5.41 Å². The van der Waals surface area contributed by atoms with Gasteiger partial charge in [0.1, 0.15) is 0 Å². The molecular weight excluding hydrogens is 298 g/mol. The molecule has 0 aliphatic heterocycles. The first-order valence-electron chi connectivity index (χ1n) is 7.99. The van der Waals surface area contributed by atoms with Crippen LogP contribution in [0.15, 0.2) is 17.5 Å². The monoisotopic (exact) mass is 325 g/mol. The molecule has 1 amide bonds. The molecule has 1 aromatic heterocycles. The summed E-state index contributed by atoms with van der Waals surface area (Å²) in [6.45, 7) is 1.90. The van der Waals surface area contributed by atoms with Gasteiger partial charge in [-0.2, -0.15) is 0 Å². The molecule has 1 saturated carbocycles. The van der Waals surface area contributed by atoms with Crippen molar-refractivity contribution in [1.29, 1.82) is 0 Å². The van der Waals surface area contributed by atoms with Crippen molar-refractivity contribution in [3.63, 3.8) is 0 Å². The Labute approximate surface area is 136 Å². The number of thiophene rings is 1. The fourth-order valence-electron chi connectivity index (χ4n) is 3.43. The number of amides is 1. The average molecular weight is 325 g/mol. The molecule has 1 aliphatic carbocycles. The summed E-state index contributed by atoms with van der Waals surface area (Å²) in [4.78, 5) is 16.1. The number of aliphatic hydroxyl groups excluding tert-OH is 2. The third kappa shape index (κ3) is 3.36. The molecule has 4 nitrogen and oxygen atoms in total. The number of nitrogens with zero attached hydrogens (tertiary/aromatic N) is 1. The second-order valence-corrected chi connectivity index (χ2v) is 7.86. The zero-order valence-electron chi connectivity index (χ0n) is 13.5. The second kappa shape index (κ2) is 7.11. The Bertz CT molecular complexity index is 476. The van der Waals surface area contributed by atoms with Crippen LogP contribution in [0.3, 0.4) is 0 Å². The summed E-state index contributed by atoms with van der Waals surface area (Å²) in [5.41, 5.74) is -1.07. The molecule has 2 rings (SSSR count). The van der Waals surface area contributed by atoms with Gasteiger partial charge in [-0.1, -0.05) is 32.3 Å². The summed E-state index contributed by atoms with van der Waals surface area (Å²) in [6.07, 6.45) is 5.13. The van der Waals surface area contributed by atoms with Gasteiger partial charge in [0.05, 0.1) is 18.6 Å². The molecule has 22 heavy (non-hydrogen) atoms. The van der Waals surface area contributed by atoms with E-state index in [1.54, 1.807) is 30.2 Å². The molecule has 0 atom stereocenters. The summed E-state index contributed by atoms with van der Waals surface area (Å²) in [7, 11) is 1.79. The van der Waals surface area contributed by atoms with Crippen LogP contribution in [-0.2, 0) is 10.2 Å². The van der Waals surface area contributed by atoms with Gasteiger partial charge in [-0.3, -0.25) is 4.79 Å². The lowest BCUT2D eigenvalue weighted by Crippen LogP contribution is -2.50. The van der Waals surface area contributed by atoms with Gasteiger partial charge in [0.15, 0.2) is 0 Å². The number of likely N-dealkylation sites (N-methyl/N-ethyl adjacent to an activating group) is 1. The van der Waals surface area contributed by atoms with Gasteiger partial charge < -0.3 is 15.1 Å². The van der Waals surface area contributed by atoms with Crippen LogP contribution in [-0.4, -0.2) is 47.8 Å². The van der Waals surface area contributed by atoms with Crippen LogP contribution < -0.4 is 0 Å². The van der Waals surface area contributed by atoms with E-state index in [9.17, 15) is 15.0 Å². The molecule has 0 bridgehead atoms. The molecule has 1 heterocycles. The number of carbonyl (C=O) groups is 1. The van der Waals surface area contributed by atoms with Crippen molar-refractivity contribution in [2.45, 2.75) is 44.4 Å². The molecule has 1 aliphatic rings. The van der Waals surface area contributed by atoms with Crippen LogP contribution in [0.1, 0.15) is 43.9 Å². The molecule has 0 spiro atoms. The Morgan fingerprint density at radius 2 is 1.95 bits per heavy atom. The number of rotatable bonds is 6. The Balaban J connectivity index is 2.23. The Morgan fingerprint density at radius 3 is 2.45 bits per heavy atom. The number of carbonyl (C=O) groups excluding carboxylic acids is 1. The van der Waals surface area contributed by atoms with Gasteiger partial charge in [0.2, 0.25) is 5.91 Å². The SMILES string of the molecule is CN(CC(C)(CO)CO)C(=O)C1(c2cccs2)CCCCC1. The molecule has 5 heteroatoms. The predicted octanol–water partition coefficient (Wildman–Crippen LogP) is 2.40. The molecule has 0 unspecified atom stereocenters. The van der Waals surface area contributed by atoms with Crippen LogP contribution in [0.4, 0.5) is 0 Å². The first-order chi connectivity index (χ1) is 10.5. The van der Waals surface area contributed by atoms with E-state index in [2.05, 4.69) is 6.07 Å². The normalized spacial score (nSPS) is 18.2. The fraction of sp³-hybridized carbons (Fsp3) is 0.706. The number of aliphatic hydroxyl groups is 2. The predicted molar refractivity (Wildman–Crippen MR) is 89.0 cm³/mol. The summed E-state index contributed by atoms with van der Waals surface area (Å²) in [5.74, 6) is 0.128. The molecule has 2 N–H and O–H groups in total. The van der Waals surface area contributed by atoms with Crippen molar-refractivity contribution in [2.75, 3.05) is 26.8 Å². The largest absolute Gasteiger partial charge is 0.396 e. The van der Waals surface area contributed by atoms with E-state index in [0.717, 1.165) is 30.6 Å². The highest BCUT2D eigenvalue weighted by Gasteiger charge is 2.44. The van der Waals surface area contributed by atoms with E-state index >= 15 is 0 Å². The minimum atomic E-state index is -0.657. The van der Waals surface area contributed by atoms with Crippen molar-refractivity contribution in [3.8, 4) is 0 Å². The quantitative estimate of drug-likeness (QED) is 0.844. The zero-order chi connectivity index (χ0) is 16.2. The van der Waals surface area contributed by atoms with Crippen LogP contribution >= 0.6 is 11.3 Å². The van der Waals surface area contributed by atoms with Gasteiger partial charge in [0, 0.05) is 23.9 Å². The van der Waals surface area contributed by atoms with Crippen molar-refractivity contribution < 1.29 is 15.0 Å². The maximum atomic E-state index is 13.2. The standard InChI is InChI=1S/C17H27NO3S/c1-16(12-19,13-20)11-18(2)15(21)17(8-4-3-5-9-17)14-7-6-10-22-14/h6-7,10,19-20H,3-5,8-9,11-13H2,1-2H3. The second-order valence-electron chi connectivity index (χ2n) is 6.91. The molecule has 0 saturated heterocycles. The Morgan fingerprint density at radius 1 is 1.32 bits per heavy atom. The zero-order valence-corrected chi connectivity index (χ0v) is 14.4. The lowest BCUT2D eigenvalue weighted by Gasteiger charge is -2.40. The summed E-state index contributed by atoms with van der Waals surface area (Å²) < 4.78 is 0. The summed E-state index contributed by atoms with van der Waals surface area (Å²) >= 11 is 1.66. The molecule has 0 radical (unpaired) electrons. The van der Waals surface area contributed by atoms with Crippen molar-refractivity contribution in [3.05, 3.63) is 22.4 Å². The lowest BCUT2D eigenvalue weighted by molar-refractivity contribution is -0.139. The number of hydrogen-bond acceptors (Lipinski definition) is 4. The highest BCUT2D eigenvalue weighted by Crippen LogP contribution is 2.43. The van der Waals surface area contributed by atoms with Crippen LogP contribution in [0.5, 0.6) is 0 Å². The van der Waals surface area contributed by atoms with Crippen LogP contribution in [0.2, 0.25) is 0 Å². The van der Waals surface area contributed by atoms with E-state index in [1.807, 2.05) is 11.4 Å². The Kier molecular flexibility index (Phi) is 5.64. The molecule has 1 fully saturated rings. The fourth-order valence-corrected chi connectivity index (χ4v) is 4.41. The minimum Gasteiger partial charge on any atom is -0.396 e. The first kappa shape index (κ1) is 17.4. The molecule has 1 aromatic rings. The van der Waals surface area contributed by atoms with Gasteiger partial charge in [-0.15, -0.1) is 11.3 Å². The number of hydrogen-bond donors (Lipinski definition) is 2. The van der Waals surface area contributed by atoms with Crippen molar-refractivity contribution in [2.24, 2.45) is 5.41 Å².